The van der Waals surface area contributed by atoms with Crippen LogP contribution in [0.5, 0.6) is 0 Å². The largest absolute Gasteiger partial charge is 0.315 e. The van der Waals surface area contributed by atoms with E-state index < -0.39 is 0 Å². The first-order valence-electron chi connectivity index (χ1n) is 9.44. The molecule has 1 saturated heterocycles. The Bertz CT molecular complexity index is 1180. The van der Waals surface area contributed by atoms with Gasteiger partial charge in [-0.1, -0.05) is 11.8 Å². The molecule has 1 atom stereocenters. The Balaban J connectivity index is 1.56. The zero-order chi connectivity index (χ0) is 19.6. The van der Waals surface area contributed by atoms with E-state index >= 15 is 0 Å². The summed E-state index contributed by atoms with van der Waals surface area (Å²) in [7, 11) is 0. The van der Waals surface area contributed by atoms with Gasteiger partial charge in [0.15, 0.2) is 0 Å². The summed E-state index contributed by atoms with van der Waals surface area (Å²) in [5.74, 6) is 0. The molecule has 9 heteroatoms. The molecule has 1 aliphatic rings. The van der Waals surface area contributed by atoms with Crippen LogP contribution in [0.25, 0.3) is 16.6 Å². The lowest BCUT2D eigenvalue weighted by Gasteiger charge is -2.22. The maximum absolute atomic E-state index is 9.49. The number of fused-ring (bicyclic) bond motifs is 1. The van der Waals surface area contributed by atoms with Gasteiger partial charge in [-0.15, -0.1) is 5.10 Å². The van der Waals surface area contributed by atoms with E-state index in [2.05, 4.69) is 44.0 Å². The van der Waals surface area contributed by atoms with E-state index in [4.69, 9.17) is 0 Å². The monoisotopic (exact) mass is 402 g/mol. The lowest BCUT2D eigenvalue weighted by Crippen LogP contribution is -2.31. The predicted octanol–water partition coefficient (Wildman–Crippen LogP) is 2.94. The van der Waals surface area contributed by atoms with E-state index in [1.54, 1.807) is 16.9 Å². The van der Waals surface area contributed by atoms with Gasteiger partial charge in [0, 0.05) is 41.2 Å². The van der Waals surface area contributed by atoms with Gasteiger partial charge < -0.3 is 5.32 Å². The Hall–Kier alpha value is -3.22. The second kappa shape index (κ2) is 7.66. The standard InChI is InChI=1S/C20H18N8S/c21-8-15-9-25-28-12-14(7-18(20(15)28)29-19-4-2-6-23-26-19)16-10-24-27(13-16)17-3-1-5-22-11-17/h2,4,6-7,9-10,12-13,17,22H,1,3,5,11H2/t17-/m1/s1. The number of pyridine rings is 1. The molecule has 144 valence electrons. The molecular formula is C20H18N8S. The molecule has 0 radical (unpaired) electrons. The molecule has 0 amide bonds. The van der Waals surface area contributed by atoms with E-state index in [1.807, 2.05) is 29.2 Å². The summed E-state index contributed by atoms with van der Waals surface area (Å²) < 4.78 is 3.80. The molecule has 5 rings (SSSR count). The van der Waals surface area contributed by atoms with Crippen molar-refractivity contribution in [1.29, 1.82) is 5.26 Å². The zero-order valence-corrected chi connectivity index (χ0v) is 16.4. The van der Waals surface area contributed by atoms with Gasteiger partial charge in [0.05, 0.1) is 29.5 Å². The molecule has 0 spiro atoms. The van der Waals surface area contributed by atoms with Gasteiger partial charge in [-0.05, 0) is 37.6 Å². The fraction of sp³-hybridized carbons (Fsp3) is 0.250. The van der Waals surface area contributed by atoms with Crippen LogP contribution in [0, 0.1) is 11.3 Å². The van der Waals surface area contributed by atoms with E-state index in [1.165, 1.54) is 11.8 Å². The van der Waals surface area contributed by atoms with E-state index in [-0.39, 0.29) is 0 Å². The summed E-state index contributed by atoms with van der Waals surface area (Å²) in [4.78, 5) is 0.907. The van der Waals surface area contributed by atoms with Crippen LogP contribution in [0.2, 0.25) is 0 Å². The topological polar surface area (TPSA) is 96.7 Å². The van der Waals surface area contributed by atoms with Crippen molar-refractivity contribution in [2.75, 3.05) is 13.1 Å². The molecule has 0 aliphatic carbocycles. The lowest BCUT2D eigenvalue weighted by atomic mass is 10.1. The summed E-state index contributed by atoms with van der Waals surface area (Å²) in [6, 6.07) is 8.42. The molecule has 1 aliphatic heterocycles. The van der Waals surface area contributed by atoms with Gasteiger partial charge in [-0.3, -0.25) is 4.68 Å². The van der Waals surface area contributed by atoms with E-state index in [0.717, 1.165) is 52.5 Å². The highest BCUT2D eigenvalue weighted by Gasteiger charge is 2.18. The highest BCUT2D eigenvalue weighted by molar-refractivity contribution is 7.99. The smallest absolute Gasteiger partial charge is 0.124 e. The Kier molecular flexibility index (Phi) is 4.71. The van der Waals surface area contributed by atoms with Crippen molar-refractivity contribution in [1.82, 2.24) is 34.9 Å². The normalized spacial score (nSPS) is 16.7. The number of nitrogens with one attached hydrogen (secondary N) is 1. The van der Waals surface area contributed by atoms with Crippen molar-refractivity contribution in [3.63, 3.8) is 0 Å². The third kappa shape index (κ3) is 3.48. The van der Waals surface area contributed by atoms with Crippen LogP contribution in [0.15, 0.2) is 59.1 Å². The first kappa shape index (κ1) is 17.8. The molecule has 4 aromatic rings. The quantitative estimate of drug-likeness (QED) is 0.560. The molecule has 5 heterocycles. The average Bonchev–Trinajstić information content (AvgIpc) is 3.42. The summed E-state index contributed by atoms with van der Waals surface area (Å²) in [6.45, 7) is 2.02. The maximum atomic E-state index is 9.49. The third-order valence-corrected chi connectivity index (χ3v) is 6.00. The molecule has 0 saturated carbocycles. The number of nitrogens with zero attached hydrogens (tertiary/aromatic N) is 7. The van der Waals surface area contributed by atoms with Gasteiger partial charge >= 0.3 is 0 Å². The number of rotatable bonds is 4. The van der Waals surface area contributed by atoms with Crippen molar-refractivity contribution >= 4 is 17.3 Å². The van der Waals surface area contributed by atoms with Crippen molar-refractivity contribution < 1.29 is 0 Å². The lowest BCUT2D eigenvalue weighted by molar-refractivity contribution is 0.347. The molecule has 4 aromatic heterocycles. The van der Waals surface area contributed by atoms with Crippen LogP contribution in [0.1, 0.15) is 24.4 Å². The fourth-order valence-electron chi connectivity index (χ4n) is 3.60. The van der Waals surface area contributed by atoms with Gasteiger partial charge in [-0.2, -0.15) is 20.6 Å². The van der Waals surface area contributed by atoms with Crippen molar-refractivity contribution in [2.24, 2.45) is 0 Å². The average molecular weight is 402 g/mol. The van der Waals surface area contributed by atoms with Crippen LogP contribution in [0.4, 0.5) is 0 Å². The summed E-state index contributed by atoms with van der Waals surface area (Å²) in [5.41, 5.74) is 3.32. The molecule has 0 unspecified atom stereocenters. The minimum atomic E-state index is 0.379. The molecule has 8 nitrogen and oxygen atoms in total. The SMILES string of the molecule is N#Cc1cnn2cc(-c3cnn([C@@H]4CCCNC4)c3)cc(Sc3cccnn3)c12. The number of hydrogen-bond acceptors (Lipinski definition) is 7. The summed E-state index contributed by atoms with van der Waals surface area (Å²) >= 11 is 1.47. The minimum absolute atomic E-state index is 0.379. The Labute approximate surface area is 171 Å². The van der Waals surface area contributed by atoms with Gasteiger partial charge in [0.25, 0.3) is 0 Å². The first-order chi connectivity index (χ1) is 14.3. The second-order valence-corrected chi connectivity index (χ2v) is 7.99. The van der Waals surface area contributed by atoms with Gasteiger partial charge in [0.2, 0.25) is 0 Å². The highest BCUT2D eigenvalue weighted by atomic mass is 32.2. The maximum Gasteiger partial charge on any atom is 0.124 e. The third-order valence-electron chi connectivity index (χ3n) is 5.04. The molecule has 0 aromatic carbocycles. The molecule has 1 N–H and O–H groups in total. The molecule has 1 fully saturated rings. The zero-order valence-electron chi connectivity index (χ0n) is 15.6. The van der Waals surface area contributed by atoms with E-state index in [0.29, 0.717) is 11.6 Å². The Morgan fingerprint density at radius 3 is 2.97 bits per heavy atom. The Morgan fingerprint density at radius 1 is 1.21 bits per heavy atom. The van der Waals surface area contributed by atoms with Crippen LogP contribution < -0.4 is 5.32 Å². The summed E-state index contributed by atoms with van der Waals surface area (Å²) in [5, 5.41) is 30.8. The number of piperidine rings is 1. The fourth-order valence-corrected chi connectivity index (χ4v) is 4.55. The summed E-state index contributed by atoms with van der Waals surface area (Å²) in [6.07, 6.45) is 11.4. The highest BCUT2D eigenvalue weighted by Crippen LogP contribution is 2.34. The molecule has 29 heavy (non-hydrogen) atoms. The van der Waals surface area contributed by atoms with Crippen molar-refractivity contribution in [3.05, 3.63) is 54.7 Å². The number of aromatic nitrogens is 6. The predicted molar refractivity (Wildman–Crippen MR) is 108 cm³/mol. The number of hydrogen-bond donors (Lipinski definition) is 1. The van der Waals surface area contributed by atoms with Gasteiger partial charge in [0.1, 0.15) is 11.1 Å². The minimum Gasteiger partial charge on any atom is -0.315 e. The second-order valence-electron chi connectivity index (χ2n) is 6.93. The van der Waals surface area contributed by atoms with Crippen molar-refractivity contribution in [2.45, 2.75) is 28.8 Å². The van der Waals surface area contributed by atoms with Crippen LogP contribution in [0.3, 0.4) is 0 Å². The molecule has 0 bridgehead atoms. The van der Waals surface area contributed by atoms with Crippen molar-refractivity contribution in [3.8, 4) is 17.2 Å². The Morgan fingerprint density at radius 2 is 2.17 bits per heavy atom. The van der Waals surface area contributed by atoms with Crippen LogP contribution >= 0.6 is 11.8 Å². The van der Waals surface area contributed by atoms with Crippen LogP contribution in [-0.4, -0.2) is 42.7 Å². The molecular weight excluding hydrogens is 384 g/mol. The van der Waals surface area contributed by atoms with Gasteiger partial charge in [-0.25, -0.2) is 4.52 Å². The van der Waals surface area contributed by atoms with E-state index in [9.17, 15) is 5.26 Å². The number of nitriles is 1. The first-order valence-corrected chi connectivity index (χ1v) is 10.3. The van der Waals surface area contributed by atoms with Crippen LogP contribution in [-0.2, 0) is 0 Å².